The Balaban J connectivity index is 1.52. The fourth-order valence-corrected chi connectivity index (χ4v) is 3.32. The molecule has 0 saturated carbocycles. The number of hydrogen-bond donors (Lipinski definition) is 0. The van der Waals surface area contributed by atoms with Gasteiger partial charge < -0.3 is 13.9 Å². The molecule has 4 heterocycles. The van der Waals surface area contributed by atoms with E-state index >= 15 is 0 Å². The molecule has 1 aliphatic rings. The van der Waals surface area contributed by atoms with Crippen LogP contribution in [0, 0.1) is 0 Å². The van der Waals surface area contributed by atoms with Crippen molar-refractivity contribution < 1.29 is 13.9 Å². The van der Waals surface area contributed by atoms with Crippen molar-refractivity contribution in [3.8, 4) is 23.1 Å². The lowest BCUT2D eigenvalue weighted by Crippen LogP contribution is -2.21. The van der Waals surface area contributed by atoms with Crippen LogP contribution in [0.3, 0.4) is 0 Å². The number of benzene rings is 1. The second-order valence-corrected chi connectivity index (χ2v) is 5.99. The number of furan rings is 1. The fraction of sp³-hybridized carbons (Fsp3) is 0.133. The van der Waals surface area contributed by atoms with Crippen molar-refractivity contribution >= 4 is 16.3 Å². The molecule has 1 aliphatic heterocycles. The molecule has 0 spiro atoms. The van der Waals surface area contributed by atoms with Gasteiger partial charge in [0.05, 0.1) is 6.26 Å². The van der Waals surface area contributed by atoms with Crippen molar-refractivity contribution in [2.24, 2.45) is 0 Å². The van der Waals surface area contributed by atoms with Gasteiger partial charge in [0.25, 0.3) is 0 Å². The molecule has 5 rings (SSSR count). The van der Waals surface area contributed by atoms with Crippen molar-refractivity contribution in [3.63, 3.8) is 0 Å². The summed E-state index contributed by atoms with van der Waals surface area (Å²) in [6.07, 6.45) is 1.33. The van der Waals surface area contributed by atoms with Gasteiger partial charge in [-0.1, -0.05) is 23.5 Å². The van der Waals surface area contributed by atoms with Crippen LogP contribution in [0.2, 0.25) is 0 Å². The van der Waals surface area contributed by atoms with Crippen LogP contribution in [-0.2, 0) is 0 Å². The molecule has 0 amide bonds. The SMILES string of the molecule is c1coc(-c2nnc3sc([C@H]4COc5ccccc5O4)nn23)c1. The predicted octanol–water partition coefficient (Wildman–Crippen LogP) is 2.96. The smallest absolute Gasteiger partial charge is 0.235 e. The number of hydrogen-bond acceptors (Lipinski definition) is 7. The van der Waals surface area contributed by atoms with Gasteiger partial charge >= 0.3 is 0 Å². The monoisotopic (exact) mass is 326 g/mol. The Bertz CT molecular complexity index is 976. The van der Waals surface area contributed by atoms with E-state index < -0.39 is 0 Å². The molecule has 1 atom stereocenters. The number of rotatable bonds is 2. The molecule has 0 saturated heterocycles. The summed E-state index contributed by atoms with van der Waals surface area (Å²) in [5, 5.41) is 13.6. The van der Waals surface area contributed by atoms with Gasteiger partial charge in [-0.05, 0) is 24.3 Å². The van der Waals surface area contributed by atoms with Crippen LogP contribution in [0.1, 0.15) is 11.1 Å². The molecule has 0 radical (unpaired) electrons. The Morgan fingerprint density at radius 1 is 1.09 bits per heavy atom. The summed E-state index contributed by atoms with van der Waals surface area (Å²) in [5.41, 5.74) is 0. The Morgan fingerprint density at radius 2 is 2.00 bits per heavy atom. The Hall–Kier alpha value is -2.87. The second kappa shape index (κ2) is 4.82. The van der Waals surface area contributed by atoms with Gasteiger partial charge in [0.1, 0.15) is 6.61 Å². The standard InChI is InChI=1S/C15H10N4O3S/c1-2-5-10-9(4-1)21-8-12(22-10)14-18-19-13(11-6-3-7-20-11)16-17-15(19)23-14/h1-7,12H,8H2/t12-/m1/s1. The van der Waals surface area contributed by atoms with Gasteiger partial charge in [0.15, 0.2) is 28.4 Å². The Morgan fingerprint density at radius 3 is 2.87 bits per heavy atom. The molecule has 4 aromatic rings. The van der Waals surface area contributed by atoms with Gasteiger partial charge in [0, 0.05) is 0 Å². The first kappa shape index (κ1) is 12.7. The van der Waals surface area contributed by atoms with Crippen LogP contribution in [0.25, 0.3) is 16.5 Å². The van der Waals surface area contributed by atoms with Crippen LogP contribution in [0.5, 0.6) is 11.5 Å². The normalized spacial score (nSPS) is 16.8. The molecule has 1 aromatic carbocycles. The maximum Gasteiger partial charge on any atom is 0.235 e. The minimum atomic E-state index is -0.263. The maximum atomic E-state index is 5.99. The predicted molar refractivity (Wildman–Crippen MR) is 81.7 cm³/mol. The second-order valence-electron chi connectivity index (χ2n) is 5.00. The zero-order chi connectivity index (χ0) is 15.2. The topological polar surface area (TPSA) is 74.7 Å². The number of ether oxygens (including phenoxy) is 2. The van der Waals surface area contributed by atoms with E-state index in [1.165, 1.54) is 11.3 Å². The molecule has 0 fully saturated rings. The van der Waals surface area contributed by atoms with Crippen LogP contribution >= 0.6 is 11.3 Å². The van der Waals surface area contributed by atoms with Crippen molar-refractivity contribution in [1.29, 1.82) is 0 Å². The van der Waals surface area contributed by atoms with E-state index in [0.717, 1.165) is 16.5 Å². The molecule has 0 bridgehead atoms. The van der Waals surface area contributed by atoms with Crippen LogP contribution < -0.4 is 9.47 Å². The van der Waals surface area contributed by atoms with Crippen molar-refractivity contribution in [2.75, 3.05) is 6.61 Å². The maximum absolute atomic E-state index is 5.99. The van der Waals surface area contributed by atoms with Crippen LogP contribution in [0.15, 0.2) is 47.1 Å². The first-order valence-electron chi connectivity index (χ1n) is 7.03. The highest BCUT2D eigenvalue weighted by atomic mass is 32.1. The zero-order valence-corrected chi connectivity index (χ0v) is 12.6. The van der Waals surface area contributed by atoms with E-state index in [1.54, 1.807) is 16.8 Å². The summed E-state index contributed by atoms with van der Waals surface area (Å²) in [6, 6.07) is 11.2. The van der Waals surface area contributed by atoms with E-state index in [0.29, 0.717) is 23.2 Å². The van der Waals surface area contributed by atoms with E-state index in [2.05, 4.69) is 15.3 Å². The summed E-state index contributed by atoms with van der Waals surface area (Å²) in [6.45, 7) is 0.414. The van der Waals surface area contributed by atoms with Crippen LogP contribution in [-0.4, -0.2) is 26.4 Å². The molecule has 7 nitrogen and oxygen atoms in total. The summed E-state index contributed by atoms with van der Waals surface area (Å²) in [7, 11) is 0. The van der Waals surface area contributed by atoms with Gasteiger partial charge in [0.2, 0.25) is 10.8 Å². The number of fused-ring (bicyclic) bond motifs is 2. The molecule has 0 aliphatic carbocycles. The lowest BCUT2D eigenvalue weighted by atomic mass is 10.3. The van der Waals surface area contributed by atoms with Gasteiger partial charge in [-0.2, -0.15) is 9.61 Å². The van der Waals surface area contributed by atoms with E-state index in [-0.39, 0.29) is 6.10 Å². The summed E-state index contributed by atoms with van der Waals surface area (Å²) >= 11 is 1.43. The molecule has 0 unspecified atom stereocenters. The first-order chi connectivity index (χ1) is 11.4. The van der Waals surface area contributed by atoms with Crippen LogP contribution in [0.4, 0.5) is 0 Å². The summed E-state index contributed by atoms with van der Waals surface area (Å²) in [4.78, 5) is 0.689. The van der Waals surface area contributed by atoms with E-state index in [9.17, 15) is 0 Å². The molecule has 8 heteroatoms. The van der Waals surface area contributed by atoms with E-state index in [4.69, 9.17) is 13.9 Å². The summed E-state index contributed by atoms with van der Waals surface area (Å²) < 4.78 is 18.8. The first-order valence-corrected chi connectivity index (χ1v) is 7.84. The Labute approximate surface area is 134 Å². The highest BCUT2D eigenvalue weighted by molar-refractivity contribution is 7.16. The van der Waals surface area contributed by atoms with Gasteiger partial charge in [-0.25, -0.2) is 0 Å². The highest BCUT2D eigenvalue weighted by Crippen LogP contribution is 2.37. The number of nitrogens with zero attached hydrogens (tertiary/aromatic N) is 4. The molecule has 3 aromatic heterocycles. The summed E-state index contributed by atoms with van der Waals surface area (Å²) in [5.74, 6) is 2.68. The lowest BCUT2D eigenvalue weighted by Gasteiger charge is -2.24. The van der Waals surface area contributed by atoms with Crippen molar-refractivity contribution in [1.82, 2.24) is 19.8 Å². The average Bonchev–Trinajstić information content (AvgIpc) is 3.30. The largest absolute Gasteiger partial charge is 0.485 e. The lowest BCUT2D eigenvalue weighted by molar-refractivity contribution is 0.0904. The van der Waals surface area contributed by atoms with Gasteiger partial charge in [-0.3, -0.25) is 0 Å². The third-order valence-electron chi connectivity index (χ3n) is 3.53. The number of aromatic nitrogens is 4. The molecular formula is C15H10N4O3S. The third-order valence-corrected chi connectivity index (χ3v) is 4.52. The third kappa shape index (κ3) is 1.99. The van der Waals surface area contributed by atoms with Gasteiger partial charge in [-0.15, -0.1) is 10.2 Å². The minimum absolute atomic E-state index is 0.263. The molecule has 114 valence electrons. The zero-order valence-electron chi connectivity index (χ0n) is 11.7. The highest BCUT2D eigenvalue weighted by Gasteiger charge is 2.27. The number of para-hydroxylation sites is 2. The van der Waals surface area contributed by atoms with Crippen molar-refractivity contribution in [3.05, 3.63) is 47.7 Å². The quantitative estimate of drug-likeness (QED) is 0.564. The average molecular weight is 326 g/mol. The molecule has 23 heavy (non-hydrogen) atoms. The minimum Gasteiger partial charge on any atom is -0.485 e. The Kier molecular flexibility index (Phi) is 2.65. The molecular weight excluding hydrogens is 316 g/mol. The molecule has 0 N–H and O–H groups in total. The van der Waals surface area contributed by atoms with E-state index in [1.807, 2.05) is 30.3 Å². The van der Waals surface area contributed by atoms with Crippen molar-refractivity contribution in [2.45, 2.75) is 6.10 Å². The fourth-order valence-electron chi connectivity index (χ4n) is 2.46.